The number of carbonyl (C=O) groups is 1. The molecule has 96 valence electrons. The Hall–Kier alpha value is -1.88. The van der Waals surface area contributed by atoms with Gasteiger partial charge in [-0.1, -0.05) is 0 Å². The zero-order valence-corrected chi connectivity index (χ0v) is 10.2. The summed E-state index contributed by atoms with van der Waals surface area (Å²) < 4.78 is 14.7. The molecule has 0 radical (unpaired) electrons. The predicted molar refractivity (Wildman–Crippen MR) is 67.7 cm³/mol. The van der Waals surface area contributed by atoms with Crippen molar-refractivity contribution in [1.82, 2.24) is 9.72 Å². The van der Waals surface area contributed by atoms with Crippen molar-refractivity contribution in [3.8, 4) is 0 Å². The Morgan fingerprint density at radius 2 is 2.28 bits per heavy atom. The minimum atomic E-state index is -0.495. The molecule has 2 heterocycles. The third-order valence-electron chi connectivity index (χ3n) is 2.81. The molecule has 0 fully saturated rings. The maximum atomic E-state index is 13.0. The Labute approximate surface area is 105 Å². The molecular formula is C13H16FN3O. The molecule has 0 saturated heterocycles. The molecule has 0 aromatic carbocycles. The summed E-state index contributed by atoms with van der Waals surface area (Å²) in [6.45, 7) is 2.17. The van der Waals surface area contributed by atoms with Crippen molar-refractivity contribution in [1.29, 1.82) is 0 Å². The van der Waals surface area contributed by atoms with Gasteiger partial charge in [0.2, 0.25) is 5.91 Å². The fraction of sp³-hybridized carbons (Fsp3) is 0.308. The molecule has 18 heavy (non-hydrogen) atoms. The van der Waals surface area contributed by atoms with Gasteiger partial charge in [-0.05, 0) is 37.1 Å². The Bertz CT molecular complexity index is 562. The second kappa shape index (κ2) is 5.18. The summed E-state index contributed by atoms with van der Waals surface area (Å²) in [6, 6.07) is 4.59. The maximum absolute atomic E-state index is 13.0. The molecule has 0 bridgehead atoms. The third-order valence-corrected chi connectivity index (χ3v) is 2.81. The van der Waals surface area contributed by atoms with E-state index in [0.717, 1.165) is 11.1 Å². The molecule has 2 aromatic heterocycles. The van der Waals surface area contributed by atoms with Crippen LogP contribution in [0.3, 0.4) is 0 Å². The van der Waals surface area contributed by atoms with Gasteiger partial charge in [0.25, 0.3) is 0 Å². The average molecular weight is 249 g/mol. The van der Waals surface area contributed by atoms with Crippen LogP contribution in [-0.4, -0.2) is 22.9 Å². The van der Waals surface area contributed by atoms with E-state index >= 15 is 0 Å². The molecule has 5 heteroatoms. The fourth-order valence-corrected chi connectivity index (χ4v) is 1.83. The number of halogens is 1. The fourth-order valence-electron chi connectivity index (χ4n) is 1.83. The zero-order chi connectivity index (χ0) is 13.1. The topological polar surface area (TPSA) is 59.5 Å². The van der Waals surface area contributed by atoms with Crippen LogP contribution in [0.4, 0.5) is 4.39 Å². The lowest BCUT2D eigenvalue weighted by Crippen LogP contribution is -2.39. The van der Waals surface area contributed by atoms with Crippen molar-refractivity contribution in [3.05, 3.63) is 42.0 Å². The van der Waals surface area contributed by atoms with Crippen LogP contribution in [0.25, 0.3) is 5.52 Å². The normalized spacial score (nSPS) is 12.6. The van der Waals surface area contributed by atoms with Crippen LogP contribution >= 0.6 is 0 Å². The first kappa shape index (κ1) is 12.6. The van der Waals surface area contributed by atoms with Gasteiger partial charge in [-0.15, -0.1) is 0 Å². The van der Waals surface area contributed by atoms with E-state index in [1.54, 1.807) is 23.6 Å². The molecular weight excluding hydrogens is 233 g/mol. The summed E-state index contributed by atoms with van der Waals surface area (Å²) >= 11 is 0. The number of hydrogen-bond acceptors (Lipinski definition) is 2. The van der Waals surface area contributed by atoms with Crippen molar-refractivity contribution in [2.75, 3.05) is 6.54 Å². The highest BCUT2D eigenvalue weighted by atomic mass is 19.1. The van der Waals surface area contributed by atoms with E-state index in [2.05, 4.69) is 5.32 Å². The first-order valence-electron chi connectivity index (χ1n) is 5.86. The predicted octanol–water partition coefficient (Wildman–Crippen LogP) is 1.08. The van der Waals surface area contributed by atoms with Crippen LogP contribution in [0.1, 0.15) is 12.5 Å². The second-order valence-electron chi connectivity index (χ2n) is 4.31. The van der Waals surface area contributed by atoms with Crippen molar-refractivity contribution in [3.63, 3.8) is 0 Å². The van der Waals surface area contributed by atoms with Crippen molar-refractivity contribution >= 4 is 11.4 Å². The van der Waals surface area contributed by atoms with Gasteiger partial charge in [-0.3, -0.25) is 4.79 Å². The van der Waals surface area contributed by atoms with E-state index in [-0.39, 0.29) is 11.7 Å². The number of carbonyl (C=O) groups excluding carboxylic acids is 1. The number of fused-ring (bicyclic) bond motifs is 1. The lowest BCUT2D eigenvalue weighted by atomic mass is 10.2. The Balaban J connectivity index is 2.02. The zero-order valence-electron chi connectivity index (χ0n) is 10.2. The summed E-state index contributed by atoms with van der Waals surface area (Å²) in [5, 5.41) is 2.75. The number of pyridine rings is 1. The highest BCUT2D eigenvalue weighted by Gasteiger charge is 2.07. The smallest absolute Gasteiger partial charge is 0.236 e. The van der Waals surface area contributed by atoms with Gasteiger partial charge in [0.1, 0.15) is 5.82 Å². The second-order valence-corrected chi connectivity index (χ2v) is 4.31. The highest BCUT2D eigenvalue weighted by molar-refractivity contribution is 5.80. The molecule has 0 aliphatic heterocycles. The van der Waals surface area contributed by atoms with E-state index in [1.165, 1.54) is 12.3 Å². The summed E-state index contributed by atoms with van der Waals surface area (Å²) in [7, 11) is 0. The van der Waals surface area contributed by atoms with Crippen molar-refractivity contribution < 1.29 is 9.18 Å². The minimum absolute atomic E-state index is 0.162. The molecule has 0 unspecified atom stereocenters. The van der Waals surface area contributed by atoms with Crippen LogP contribution in [0.5, 0.6) is 0 Å². The molecule has 4 nitrogen and oxygen atoms in total. The molecule has 0 aliphatic rings. The Morgan fingerprint density at radius 3 is 3.00 bits per heavy atom. The lowest BCUT2D eigenvalue weighted by Gasteiger charge is -2.07. The van der Waals surface area contributed by atoms with Gasteiger partial charge in [0, 0.05) is 24.5 Å². The molecule has 3 N–H and O–H groups in total. The molecule has 0 aliphatic carbocycles. The molecule has 0 spiro atoms. The van der Waals surface area contributed by atoms with E-state index in [1.807, 2.05) is 6.07 Å². The van der Waals surface area contributed by atoms with Crippen molar-refractivity contribution in [2.24, 2.45) is 5.73 Å². The first-order chi connectivity index (χ1) is 8.58. The summed E-state index contributed by atoms with van der Waals surface area (Å²) in [4.78, 5) is 11.3. The average Bonchev–Trinajstić information content (AvgIpc) is 2.71. The molecule has 0 saturated carbocycles. The van der Waals surface area contributed by atoms with Gasteiger partial charge in [-0.2, -0.15) is 0 Å². The van der Waals surface area contributed by atoms with E-state index < -0.39 is 6.04 Å². The van der Waals surface area contributed by atoms with Gasteiger partial charge in [0.05, 0.1) is 6.04 Å². The summed E-state index contributed by atoms with van der Waals surface area (Å²) in [5.41, 5.74) is 7.46. The Kier molecular flexibility index (Phi) is 3.62. The number of hydrogen-bond donors (Lipinski definition) is 2. The van der Waals surface area contributed by atoms with Gasteiger partial charge >= 0.3 is 0 Å². The number of rotatable bonds is 4. The van der Waals surface area contributed by atoms with Crippen LogP contribution in [0, 0.1) is 5.82 Å². The number of nitrogens with zero attached hydrogens (tertiary/aromatic N) is 1. The molecule has 2 aromatic rings. The summed E-state index contributed by atoms with van der Waals surface area (Å²) in [5.74, 6) is -0.431. The Morgan fingerprint density at radius 1 is 1.50 bits per heavy atom. The molecule has 1 amide bonds. The largest absolute Gasteiger partial charge is 0.354 e. The van der Waals surface area contributed by atoms with E-state index in [4.69, 9.17) is 5.73 Å². The SMILES string of the molecule is C[C@H](N)C(=O)NCCc1ccn2cc(F)ccc12. The molecule has 2 rings (SSSR count). The third kappa shape index (κ3) is 2.68. The van der Waals surface area contributed by atoms with Crippen LogP contribution in [0.15, 0.2) is 30.6 Å². The number of nitrogens with two attached hydrogens (primary N) is 1. The molecule has 1 atom stereocenters. The lowest BCUT2D eigenvalue weighted by molar-refractivity contribution is -0.121. The van der Waals surface area contributed by atoms with Gasteiger partial charge < -0.3 is 15.5 Å². The highest BCUT2D eigenvalue weighted by Crippen LogP contribution is 2.13. The standard InChI is InChI=1S/C13H16FN3O/c1-9(15)13(18)16-6-4-10-5-7-17-8-11(14)2-3-12(10)17/h2-3,5,7-9H,4,6,15H2,1H3,(H,16,18)/t9-/m0/s1. The van der Waals surface area contributed by atoms with E-state index in [9.17, 15) is 9.18 Å². The maximum Gasteiger partial charge on any atom is 0.236 e. The van der Waals surface area contributed by atoms with E-state index in [0.29, 0.717) is 13.0 Å². The quantitative estimate of drug-likeness (QED) is 0.852. The monoisotopic (exact) mass is 249 g/mol. The van der Waals surface area contributed by atoms with Gasteiger partial charge in [-0.25, -0.2) is 4.39 Å². The summed E-state index contributed by atoms with van der Waals surface area (Å²) in [6.07, 6.45) is 3.93. The number of nitrogens with one attached hydrogen (secondary N) is 1. The van der Waals surface area contributed by atoms with Crippen molar-refractivity contribution in [2.45, 2.75) is 19.4 Å². The van der Waals surface area contributed by atoms with Crippen LogP contribution < -0.4 is 11.1 Å². The minimum Gasteiger partial charge on any atom is -0.354 e. The number of aromatic nitrogens is 1. The first-order valence-corrected chi connectivity index (χ1v) is 5.86. The van der Waals surface area contributed by atoms with Crippen LogP contribution in [0.2, 0.25) is 0 Å². The van der Waals surface area contributed by atoms with Crippen LogP contribution in [-0.2, 0) is 11.2 Å². The number of amides is 1. The van der Waals surface area contributed by atoms with Gasteiger partial charge in [0.15, 0.2) is 0 Å².